The molecule has 3 N–H and O–H groups in total. The lowest BCUT2D eigenvalue weighted by Crippen LogP contribution is -2.43. The summed E-state index contributed by atoms with van der Waals surface area (Å²) >= 11 is 0. The highest BCUT2D eigenvalue weighted by atomic mass is 19.1. The van der Waals surface area contributed by atoms with Gasteiger partial charge < -0.3 is 20.1 Å². The topological polar surface area (TPSA) is 130 Å². The third kappa shape index (κ3) is 3.43. The van der Waals surface area contributed by atoms with E-state index in [-0.39, 0.29) is 12.1 Å². The number of H-pyrrole nitrogens is 1. The number of fused-ring (bicyclic) bond motifs is 1. The lowest BCUT2D eigenvalue weighted by Gasteiger charge is -2.16. The molecule has 1 amide bonds. The van der Waals surface area contributed by atoms with E-state index in [1.165, 1.54) is 31.9 Å². The van der Waals surface area contributed by atoms with Crippen LogP contribution in [-0.4, -0.2) is 50.1 Å². The Labute approximate surface area is 146 Å². The van der Waals surface area contributed by atoms with Crippen LogP contribution in [0.25, 0.3) is 11.2 Å². The monoisotopic (exact) mass is 359 g/mol. The zero-order valence-electron chi connectivity index (χ0n) is 13.6. The summed E-state index contributed by atoms with van der Waals surface area (Å²) in [4.78, 5) is 39.1. The van der Waals surface area contributed by atoms with Gasteiger partial charge in [-0.3, -0.25) is 4.79 Å². The maximum Gasteiger partial charge on any atom is 0.328 e. The molecule has 1 unspecified atom stereocenters. The molecule has 0 aliphatic heterocycles. The molecule has 2 aromatic heterocycles. The van der Waals surface area contributed by atoms with Crippen molar-refractivity contribution in [3.05, 3.63) is 47.9 Å². The molecule has 0 saturated heterocycles. The molecule has 134 valence electrons. The van der Waals surface area contributed by atoms with E-state index in [0.29, 0.717) is 16.7 Å². The molecule has 0 fully saturated rings. The van der Waals surface area contributed by atoms with Gasteiger partial charge in [-0.05, 0) is 17.7 Å². The minimum absolute atomic E-state index is 0.0123. The number of benzene rings is 1. The van der Waals surface area contributed by atoms with Crippen LogP contribution in [0.15, 0.2) is 30.9 Å². The number of phenolic OH excluding ortho intramolecular Hbond substituents is 1. The molecule has 3 rings (SSSR count). The van der Waals surface area contributed by atoms with Crippen molar-refractivity contribution >= 4 is 23.0 Å². The summed E-state index contributed by atoms with van der Waals surface area (Å²) < 4.78 is 18.2. The molecule has 1 aromatic carbocycles. The lowest BCUT2D eigenvalue weighted by atomic mass is 10.1. The first kappa shape index (κ1) is 17.3. The fourth-order valence-corrected chi connectivity index (χ4v) is 2.41. The second kappa shape index (κ2) is 7.13. The smallest absolute Gasteiger partial charge is 0.328 e. The van der Waals surface area contributed by atoms with Crippen LogP contribution < -0.4 is 5.32 Å². The molecule has 10 heteroatoms. The number of aromatic hydroxyl groups is 1. The fraction of sp³-hybridized carbons (Fsp3) is 0.188. The number of amides is 1. The van der Waals surface area contributed by atoms with Gasteiger partial charge in [-0.1, -0.05) is 6.07 Å². The van der Waals surface area contributed by atoms with Gasteiger partial charge in [-0.15, -0.1) is 0 Å². The van der Waals surface area contributed by atoms with Crippen molar-refractivity contribution in [2.45, 2.75) is 12.5 Å². The van der Waals surface area contributed by atoms with Crippen LogP contribution in [0.3, 0.4) is 0 Å². The zero-order chi connectivity index (χ0) is 18.7. The van der Waals surface area contributed by atoms with Crippen LogP contribution in [-0.2, 0) is 16.0 Å². The first-order chi connectivity index (χ1) is 12.5. The number of halogens is 1. The number of hydrogen-bond donors (Lipinski definition) is 3. The standard InChI is InChI=1S/C16H14FN5O4/c1-26-16(25)10(5-8-2-3-11(23)9(17)4-8)22-15(24)13-12-14(20-6-18-12)21-7-19-13/h2-4,6-7,10,23H,5H2,1H3,(H,22,24)(H,18,19,20,21). The van der Waals surface area contributed by atoms with Crippen molar-refractivity contribution < 1.29 is 23.8 Å². The summed E-state index contributed by atoms with van der Waals surface area (Å²) in [5, 5.41) is 11.8. The van der Waals surface area contributed by atoms with E-state index < -0.39 is 29.5 Å². The van der Waals surface area contributed by atoms with Gasteiger partial charge >= 0.3 is 5.97 Å². The number of hydrogen-bond acceptors (Lipinski definition) is 7. The Morgan fingerprint density at radius 1 is 1.35 bits per heavy atom. The molecule has 9 nitrogen and oxygen atoms in total. The number of ether oxygens (including phenoxy) is 1. The molecule has 26 heavy (non-hydrogen) atoms. The molecule has 0 spiro atoms. The average molecular weight is 359 g/mol. The normalized spacial score (nSPS) is 11.9. The van der Waals surface area contributed by atoms with E-state index >= 15 is 0 Å². The summed E-state index contributed by atoms with van der Waals surface area (Å²) in [5.74, 6) is -2.68. The number of rotatable bonds is 5. The number of nitrogens with one attached hydrogen (secondary N) is 2. The quantitative estimate of drug-likeness (QED) is 0.572. The van der Waals surface area contributed by atoms with E-state index in [9.17, 15) is 19.1 Å². The van der Waals surface area contributed by atoms with Crippen molar-refractivity contribution in [1.82, 2.24) is 25.3 Å². The van der Waals surface area contributed by atoms with E-state index in [2.05, 4.69) is 25.3 Å². The minimum atomic E-state index is -1.08. The Bertz CT molecular complexity index is 974. The van der Waals surface area contributed by atoms with Crippen LogP contribution in [0.1, 0.15) is 16.1 Å². The Balaban J connectivity index is 1.84. The van der Waals surface area contributed by atoms with Gasteiger partial charge in [0.05, 0.1) is 13.4 Å². The summed E-state index contributed by atoms with van der Waals surface area (Å²) in [6.45, 7) is 0. The number of phenols is 1. The fourth-order valence-electron chi connectivity index (χ4n) is 2.41. The van der Waals surface area contributed by atoms with Crippen molar-refractivity contribution in [2.24, 2.45) is 0 Å². The van der Waals surface area contributed by atoms with Crippen LogP contribution in [0.2, 0.25) is 0 Å². The van der Waals surface area contributed by atoms with Gasteiger partial charge in [0.1, 0.15) is 17.9 Å². The Hall–Kier alpha value is -3.56. The molecule has 0 aliphatic rings. The van der Waals surface area contributed by atoms with Gasteiger partial charge in [0.25, 0.3) is 5.91 Å². The molecule has 2 heterocycles. The summed E-state index contributed by atoms with van der Waals surface area (Å²) in [5.41, 5.74) is 1.04. The van der Waals surface area contributed by atoms with E-state index in [0.717, 1.165) is 6.07 Å². The van der Waals surface area contributed by atoms with E-state index in [1.54, 1.807) is 0 Å². The van der Waals surface area contributed by atoms with Crippen molar-refractivity contribution in [3.8, 4) is 5.75 Å². The minimum Gasteiger partial charge on any atom is -0.505 e. The number of nitrogens with zero attached hydrogens (tertiary/aromatic N) is 3. The van der Waals surface area contributed by atoms with Gasteiger partial charge in [0.2, 0.25) is 0 Å². The number of imidazole rings is 1. The number of carbonyl (C=O) groups excluding carboxylic acids is 2. The maximum atomic E-state index is 13.5. The molecule has 3 aromatic rings. The Kier molecular flexibility index (Phi) is 4.74. The van der Waals surface area contributed by atoms with Crippen molar-refractivity contribution in [1.29, 1.82) is 0 Å². The summed E-state index contributed by atoms with van der Waals surface area (Å²) in [6.07, 6.45) is 2.51. The second-order valence-corrected chi connectivity index (χ2v) is 5.36. The number of aromatic nitrogens is 4. The molecule has 0 radical (unpaired) electrons. The van der Waals surface area contributed by atoms with Crippen LogP contribution >= 0.6 is 0 Å². The van der Waals surface area contributed by atoms with Crippen molar-refractivity contribution in [2.75, 3.05) is 7.11 Å². The van der Waals surface area contributed by atoms with Crippen LogP contribution in [0, 0.1) is 5.82 Å². The highest BCUT2D eigenvalue weighted by Gasteiger charge is 2.25. The van der Waals surface area contributed by atoms with Gasteiger partial charge in [0, 0.05) is 6.42 Å². The largest absolute Gasteiger partial charge is 0.505 e. The summed E-state index contributed by atoms with van der Waals surface area (Å²) in [6, 6.07) is 2.61. The molecular formula is C16H14FN5O4. The third-order valence-electron chi connectivity index (χ3n) is 3.68. The predicted octanol–water partition coefficient (Wildman–Crippen LogP) is 0.712. The SMILES string of the molecule is COC(=O)C(Cc1ccc(O)c(F)c1)NC(=O)c1ncnc2nc[nH]c12. The molecule has 0 bridgehead atoms. The highest BCUT2D eigenvalue weighted by Crippen LogP contribution is 2.18. The molecule has 1 atom stereocenters. The zero-order valence-corrected chi connectivity index (χ0v) is 13.6. The first-order valence-corrected chi connectivity index (χ1v) is 7.49. The second-order valence-electron chi connectivity index (χ2n) is 5.36. The lowest BCUT2D eigenvalue weighted by molar-refractivity contribution is -0.142. The van der Waals surface area contributed by atoms with Gasteiger partial charge in [-0.25, -0.2) is 24.1 Å². The molecule has 0 saturated carbocycles. The van der Waals surface area contributed by atoms with Gasteiger partial charge in [-0.2, -0.15) is 0 Å². The van der Waals surface area contributed by atoms with E-state index in [4.69, 9.17) is 4.74 Å². The maximum absolute atomic E-state index is 13.5. The average Bonchev–Trinajstić information content (AvgIpc) is 3.12. The van der Waals surface area contributed by atoms with Crippen LogP contribution in [0.4, 0.5) is 4.39 Å². The number of esters is 1. The Morgan fingerprint density at radius 2 is 2.15 bits per heavy atom. The van der Waals surface area contributed by atoms with Crippen LogP contribution in [0.5, 0.6) is 5.75 Å². The molecular weight excluding hydrogens is 345 g/mol. The third-order valence-corrected chi connectivity index (χ3v) is 3.68. The van der Waals surface area contributed by atoms with Gasteiger partial charge in [0.15, 0.2) is 22.9 Å². The summed E-state index contributed by atoms with van der Waals surface area (Å²) in [7, 11) is 1.18. The predicted molar refractivity (Wildman–Crippen MR) is 86.7 cm³/mol. The number of aromatic amines is 1. The number of carbonyl (C=O) groups is 2. The molecule has 0 aliphatic carbocycles. The number of methoxy groups -OCH3 is 1. The van der Waals surface area contributed by atoms with Crippen molar-refractivity contribution in [3.63, 3.8) is 0 Å². The Morgan fingerprint density at radius 3 is 2.88 bits per heavy atom. The highest BCUT2D eigenvalue weighted by molar-refractivity contribution is 6.03. The first-order valence-electron chi connectivity index (χ1n) is 7.49. The van der Waals surface area contributed by atoms with E-state index in [1.807, 2.05) is 0 Å².